The summed E-state index contributed by atoms with van der Waals surface area (Å²) >= 11 is 9.51. The van der Waals surface area contributed by atoms with Crippen LogP contribution >= 0.6 is 27.5 Å². The molecule has 0 aromatic heterocycles. The largest absolute Gasteiger partial charge is 0.495 e. The molecule has 0 aliphatic carbocycles. The number of anilines is 1. The highest BCUT2D eigenvalue weighted by Crippen LogP contribution is 2.39. The summed E-state index contributed by atoms with van der Waals surface area (Å²) in [6, 6.07) is 6.99. The Morgan fingerprint density at radius 3 is 2.39 bits per heavy atom. The predicted octanol–water partition coefficient (Wildman–Crippen LogP) is 4.18. The van der Waals surface area contributed by atoms with Crippen LogP contribution in [0.5, 0.6) is 17.2 Å². The lowest BCUT2D eigenvalue weighted by molar-refractivity contribution is -0.122. The van der Waals surface area contributed by atoms with E-state index in [1.54, 1.807) is 18.2 Å². The second-order valence-corrected chi connectivity index (χ2v) is 7.50. The normalized spacial score (nSPS) is 15.2. The van der Waals surface area contributed by atoms with Crippen LogP contribution in [0.15, 0.2) is 40.4 Å². The summed E-state index contributed by atoms with van der Waals surface area (Å²) in [6.07, 6.45) is 1.39. The molecule has 1 aliphatic rings. The summed E-state index contributed by atoms with van der Waals surface area (Å²) in [5.41, 5.74) is 0.410. The van der Waals surface area contributed by atoms with Crippen molar-refractivity contribution < 1.29 is 28.6 Å². The highest BCUT2D eigenvalue weighted by molar-refractivity contribution is 9.10. The van der Waals surface area contributed by atoms with Crippen LogP contribution in [0.2, 0.25) is 5.02 Å². The van der Waals surface area contributed by atoms with Crippen LogP contribution < -0.4 is 24.4 Å². The quantitative estimate of drug-likeness (QED) is 0.464. The van der Waals surface area contributed by atoms with Crippen LogP contribution in [0.25, 0.3) is 6.08 Å². The molecule has 0 unspecified atom stereocenters. The fourth-order valence-corrected chi connectivity index (χ4v) is 3.68. The van der Waals surface area contributed by atoms with Gasteiger partial charge in [0.05, 0.1) is 36.0 Å². The fraction of sp³-hybridized carbons (Fsp3) is 0.190. The molecule has 1 N–H and O–H groups in total. The molecule has 2 aromatic rings. The van der Waals surface area contributed by atoms with Crippen molar-refractivity contribution in [1.29, 1.82) is 0 Å². The molecule has 162 valence electrons. The van der Waals surface area contributed by atoms with Gasteiger partial charge in [-0.15, -0.1) is 0 Å². The molecule has 1 saturated heterocycles. The molecule has 1 heterocycles. The molecular formula is C21H18BrClN2O6. The Morgan fingerprint density at radius 2 is 1.77 bits per heavy atom. The van der Waals surface area contributed by atoms with Crippen molar-refractivity contribution in [3.05, 3.63) is 51.0 Å². The van der Waals surface area contributed by atoms with Gasteiger partial charge in [-0.3, -0.25) is 14.9 Å². The number of benzene rings is 2. The van der Waals surface area contributed by atoms with E-state index in [2.05, 4.69) is 21.2 Å². The maximum absolute atomic E-state index is 13.2. The van der Waals surface area contributed by atoms with Crippen LogP contribution in [-0.4, -0.2) is 38.7 Å². The molecule has 0 bridgehead atoms. The summed E-state index contributed by atoms with van der Waals surface area (Å²) in [5.74, 6) is -0.612. The number of barbiturate groups is 1. The van der Waals surface area contributed by atoms with Crippen LogP contribution in [0.1, 0.15) is 12.5 Å². The standard InChI is InChI=1S/C21H18BrClN2O6/c1-4-31-16-6-5-11(8-13(16)22)7-12-19(26)24-21(28)25(20(12)27)15-10-17(29-2)14(23)9-18(15)30-3/h5-10H,4H2,1-3H3,(H,24,26,28)/b12-7+. The highest BCUT2D eigenvalue weighted by Gasteiger charge is 2.38. The van der Waals surface area contributed by atoms with E-state index < -0.39 is 17.8 Å². The number of carbonyl (C=O) groups is 3. The average molecular weight is 510 g/mol. The predicted molar refractivity (Wildman–Crippen MR) is 119 cm³/mol. The third-order valence-electron chi connectivity index (χ3n) is 4.36. The third-order valence-corrected chi connectivity index (χ3v) is 5.28. The van der Waals surface area contributed by atoms with Gasteiger partial charge in [-0.05, 0) is 46.6 Å². The van der Waals surface area contributed by atoms with Gasteiger partial charge in [0.25, 0.3) is 11.8 Å². The van der Waals surface area contributed by atoms with Crippen molar-refractivity contribution >= 4 is 57.1 Å². The zero-order chi connectivity index (χ0) is 22.7. The van der Waals surface area contributed by atoms with E-state index in [1.165, 1.54) is 32.4 Å². The first-order valence-electron chi connectivity index (χ1n) is 9.06. The molecule has 1 fully saturated rings. The molecule has 0 radical (unpaired) electrons. The Labute approximate surface area is 191 Å². The molecule has 31 heavy (non-hydrogen) atoms. The van der Waals surface area contributed by atoms with Gasteiger partial charge >= 0.3 is 6.03 Å². The Hall–Kier alpha value is -3.04. The number of carbonyl (C=O) groups excluding carboxylic acids is 3. The van der Waals surface area contributed by atoms with Crippen LogP contribution in [-0.2, 0) is 9.59 Å². The summed E-state index contributed by atoms with van der Waals surface area (Å²) in [6.45, 7) is 2.35. The smallest absolute Gasteiger partial charge is 0.336 e. The number of nitrogens with one attached hydrogen (secondary N) is 1. The lowest BCUT2D eigenvalue weighted by Gasteiger charge is -2.28. The lowest BCUT2D eigenvalue weighted by Crippen LogP contribution is -2.54. The SMILES string of the molecule is CCOc1ccc(/C=C2\C(=O)NC(=O)N(c3cc(OC)c(Cl)cc3OC)C2=O)cc1Br. The van der Waals surface area contributed by atoms with Crippen LogP contribution in [0, 0.1) is 0 Å². The van der Waals surface area contributed by atoms with Gasteiger partial charge in [-0.1, -0.05) is 17.7 Å². The number of hydrogen-bond acceptors (Lipinski definition) is 6. The second-order valence-electron chi connectivity index (χ2n) is 6.24. The van der Waals surface area contributed by atoms with E-state index in [0.717, 1.165) is 4.90 Å². The van der Waals surface area contributed by atoms with Gasteiger partial charge in [0.1, 0.15) is 22.8 Å². The molecule has 2 aromatic carbocycles. The van der Waals surface area contributed by atoms with Crippen molar-refractivity contribution in [2.24, 2.45) is 0 Å². The van der Waals surface area contributed by atoms with E-state index in [0.29, 0.717) is 22.4 Å². The van der Waals surface area contributed by atoms with E-state index in [4.69, 9.17) is 25.8 Å². The van der Waals surface area contributed by atoms with E-state index in [-0.39, 0.29) is 27.8 Å². The summed E-state index contributed by atoms with van der Waals surface area (Å²) in [7, 11) is 2.77. The minimum atomic E-state index is -0.914. The Morgan fingerprint density at radius 1 is 1.06 bits per heavy atom. The van der Waals surface area contributed by atoms with E-state index >= 15 is 0 Å². The van der Waals surface area contributed by atoms with Crippen LogP contribution in [0.3, 0.4) is 0 Å². The summed E-state index contributed by atoms with van der Waals surface area (Å²) < 4.78 is 16.6. The Kier molecular flexibility index (Phi) is 6.87. The maximum Gasteiger partial charge on any atom is 0.336 e. The molecule has 3 rings (SSSR count). The maximum atomic E-state index is 13.2. The van der Waals surface area contributed by atoms with Crippen molar-refractivity contribution in [1.82, 2.24) is 5.32 Å². The van der Waals surface area contributed by atoms with Crippen LogP contribution in [0.4, 0.5) is 10.5 Å². The molecule has 4 amide bonds. The number of methoxy groups -OCH3 is 2. The lowest BCUT2D eigenvalue weighted by atomic mass is 10.1. The molecule has 1 aliphatic heterocycles. The number of ether oxygens (including phenoxy) is 3. The number of rotatable bonds is 6. The number of halogens is 2. The Bertz CT molecular complexity index is 1100. The number of nitrogens with zero attached hydrogens (tertiary/aromatic N) is 1. The van der Waals surface area contributed by atoms with Crippen molar-refractivity contribution in [3.8, 4) is 17.2 Å². The molecule has 10 heteroatoms. The Balaban J connectivity index is 2.06. The first-order valence-corrected chi connectivity index (χ1v) is 10.2. The topological polar surface area (TPSA) is 94.2 Å². The first-order chi connectivity index (χ1) is 14.8. The van der Waals surface area contributed by atoms with Gasteiger partial charge in [0.2, 0.25) is 0 Å². The van der Waals surface area contributed by atoms with Crippen molar-refractivity contribution in [2.45, 2.75) is 6.92 Å². The number of amides is 4. The zero-order valence-corrected chi connectivity index (χ0v) is 19.2. The van der Waals surface area contributed by atoms with Gasteiger partial charge < -0.3 is 14.2 Å². The van der Waals surface area contributed by atoms with E-state index in [1.807, 2.05) is 6.92 Å². The summed E-state index contributed by atoms with van der Waals surface area (Å²) in [5, 5.41) is 2.41. The minimum Gasteiger partial charge on any atom is -0.495 e. The molecular weight excluding hydrogens is 492 g/mol. The third kappa shape index (κ3) is 4.52. The van der Waals surface area contributed by atoms with Crippen molar-refractivity contribution in [3.63, 3.8) is 0 Å². The number of urea groups is 1. The van der Waals surface area contributed by atoms with Gasteiger partial charge in [-0.25, -0.2) is 9.69 Å². The second kappa shape index (κ2) is 9.40. The van der Waals surface area contributed by atoms with Gasteiger partial charge in [0.15, 0.2) is 0 Å². The van der Waals surface area contributed by atoms with Gasteiger partial charge in [0, 0.05) is 12.1 Å². The zero-order valence-electron chi connectivity index (χ0n) is 16.8. The first kappa shape index (κ1) is 22.6. The molecule has 0 atom stereocenters. The average Bonchev–Trinajstić information content (AvgIpc) is 2.73. The molecule has 0 spiro atoms. The monoisotopic (exact) mass is 508 g/mol. The number of imide groups is 2. The molecule has 0 saturated carbocycles. The van der Waals surface area contributed by atoms with Gasteiger partial charge in [-0.2, -0.15) is 0 Å². The number of hydrogen-bond donors (Lipinski definition) is 1. The minimum absolute atomic E-state index is 0.0810. The molecule has 8 nitrogen and oxygen atoms in total. The van der Waals surface area contributed by atoms with Crippen molar-refractivity contribution in [2.75, 3.05) is 25.7 Å². The highest BCUT2D eigenvalue weighted by atomic mass is 79.9. The fourth-order valence-electron chi connectivity index (χ4n) is 2.94. The summed E-state index contributed by atoms with van der Waals surface area (Å²) in [4.78, 5) is 38.9. The van der Waals surface area contributed by atoms with E-state index in [9.17, 15) is 14.4 Å².